The Bertz CT molecular complexity index is 373. The van der Waals surface area contributed by atoms with Crippen LogP contribution in [-0.4, -0.2) is 10.8 Å². The summed E-state index contributed by atoms with van der Waals surface area (Å²) in [5, 5.41) is 0. The number of carbonyl (C=O) groups is 1. The number of rotatable bonds is 3. The summed E-state index contributed by atoms with van der Waals surface area (Å²) in [6.45, 7) is 4.60. The number of aromatic nitrogens is 1. The summed E-state index contributed by atoms with van der Waals surface area (Å²) in [7, 11) is 0. The monoisotopic (exact) mass is 231 g/mol. The summed E-state index contributed by atoms with van der Waals surface area (Å²) in [6, 6.07) is 3.87. The molecule has 2 nitrogen and oxygen atoms in total. The number of hydrogen-bond acceptors (Lipinski definition) is 2. The molecule has 0 bridgehead atoms. The molecule has 1 aliphatic rings. The van der Waals surface area contributed by atoms with Gasteiger partial charge in [0.15, 0.2) is 0 Å². The van der Waals surface area contributed by atoms with Crippen LogP contribution in [0.2, 0.25) is 0 Å². The zero-order valence-electron chi connectivity index (χ0n) is 10.8. The molecule has 0 radical (unpaired) electrons. The van der Waals surface area contributed by atoms with Crippen LogP contribution in [0.15, 0.2) is 24.5 Å². The zero-order valence-corrected chi connectivity index (χ0v) is 10.8. The Morgan fingerprint density at radius 3 is 2.47 bits per heavy atom. The topological polar surface area (TPSA) is 30.0 Å². The summed E-state index contributed by atoms with van der Waals surface area (Å²) in [5.74, 6) is 0.697. The van der Waals surface area contributed by atoms with E-state index in [4.69, 9.17) is 0 Å². The first kappa shape index (κ1) is 12.3. The standard InChI is InChI=1S/C15H21NO/c1-15(2)7-3-13(4-8-15)14(17)11-12-5-9-16-10-6-12/h5-6,9-10,13H,3-4,7-8,11H2,1-2H3. The average molecular weight is 231 g/mol. The van der Waals surface area contributed by atoms with Gasteiger partial charge in [0.25, 0.3) is 0 Å². The van der Waals surface area contributed by atoms with E-state index in [1.165, 1.54) is 12.8 Å². The van der Waals surface area contributed by atoms with E-state index in [0.29, 0.717) is 17.6 Å². The molecule has 1 aliphatic carbocycles. The molecule has 0 spiro atoms. The Hall–Kier alpha value is -1.18. The summed E-state index contributed by atoms with van der Waals surface area (Å²) in [6.07, 6.45) is 8.58. The molecule has 1 aromatic heterocycles. The van der Waals surface area contributed by atoms with Crippen LogP contribution < -0.4 is 0 Å². The number of Topliss-reactive ketones (excluding diaryl/α,β-unsaturated/α-hetero) is 1. The highest BCUT2D eigenvalue weighted by Crippen LogP contribution is 2.38. The van der Waals surface area contributed by atoms with Crippen LogP contribution >= 0.6 is 0 Å². The highest BCUT2D eigenvalue weighted by atomic mass is 16.1. The second kappa shape index (κ2) is 4.99. The van der Waals surface area contributed by atoms with Crippen molar-refractivity contribution in [1.29, 1.82) is 0 Å². The molecule has 1 aromatic rings. The number of ketones is 1. The van der Waals surface area contributed by atoms with Gasteiger partial charge >= 0.3 is 0 Å². The molecule has 1 heterocycles. The molecule has 0 amide bonds. The summed E-state index contributed by atoms with van der Waals surface area (Å²) in [4.78, 5) is 16.1. The fraction of sp³-hybridized carbons (Fsp3) is 0.600. The van der Waals surface area contributed by atoms with Gasteiger partial charge in [0.05, 0.1) is 0 Å². The van der Waals surface area contributed by atoms with Gasteiger partial charge in [0.2, 0.25) is 0 Å². The molecule has 17 heavy (non-hydrogen) atoms. The first-order valence-electron chi connectivity index (χ1n) is 6.48. The van der Waals surface area contributed by atoms with E-state index in [1.807, 2.05) is 12.1 Å². The predicted molar refractivity (Wildman–Crippen MR) is 68.7 cm³/mol. The number of pyridine rings is 1. The smallest absolute Gasteiger partial charge is 0.140 e. The maximum atomic E-state index is 12.2. The van der Waals surface area contributed by atoms with Crippen LogP contribution in [0.4, 0.5) is 0 Å². The molecule has 2 heteroatoms. The van der Waals surface area contributed by atoms with Crippen molar-refractivity contribution >= 4 is 5.78 Å². The summed E-state index contributed by atoms with van der Waals surface area (Å²) >= 11 is 0. The third-order valence-corrected chi connectivity index (χ3v) is 3.92. The Labute approximate surface area is 103 Å². The van der Waals surface area contributed by atoms with Crippen LogP contribution in [0.3, 0.4) is 0 Å². The summed E-state index contributed by atoms with van der Waals surface area (Å²) in [5.41, 5.74) is 1.53. The van der Waals surface area contributed by atoms with Gasteiger partial charge in [0, 0.05) is 24.7 Å². The van der Waals surface area contributed by atoms with Crippen molar-refractivity contribution in [1.82, 2.24) is 4.98 Å². The van der Waals surface area contributed by atoms with E-state index in [2.05, 4.69) is 18.8 Å². The quantitative estimate of drug-likeness (QED) is 0.798. The Morgan fingerprint density at radius 1 is 1.29 bits per heavy atom. The second-order valence-corrected chi connectivity index (χ2v) is 5.94. The van der Waals surface area contributed by atoms with Crippen molar-refractivity contribution < 1.29 is 4.79 Å². The van der Waals surface area contributed by atoms with Crippen LogP contribution in [0.1, 0.15) is 45.1 Å². The lowest BCUT2D eigenvalue weighted by Crippen LogP contribution is -2.27. The maximum absolute atomic E-state index is 12.2. The normalized spacial score (nSPS) is 20.1. The molecule has 92 valence electrons. The van der Waals surface area contributed by atoms with E-state index < -0.39 is 0 Å². The molecule has 0 saturated heterocycles. The van der Waals surface area contributed by atoms with E-state index in [1.54, 1.807) is 12.4 Å². The van der Waals surface area contributed by atoms with E-state index >= 15 is 0 Å². The van der Waals surface area contributed by atoms with Crippen molar-refractivity contribution in [3.63, 3.8) is 0 Å². The predicted octanol–water partition coefficient (Wildman–Crippen LogP) is 3.41. The maximum Gasteiger partial charge on any atom is 0.140 e. The molecule has 0 N–H and O–H groups in total. The van der Waals surface area contributed by atoms with Crippen molar-refractivity contribution in [2.45, 2.75) is 46.0 Å². The lowest BCUT2D eigenvalue weighted by Gasteiger charge is -2.33. The average Bonchev–Trinajstić information content (AvgIpc) is 2.30. The largest absolute Gasteiger partial charge is 0.299 e. The van der Waals surface area contributed by atoms with Crippen molar-refractivity contribution in [3.8, 4) is 0 Å². The molecule has 2 rings (SSSR count). The molecule has 0 atom stereocenters. The minimum atomic E-state index is 0.288. The Kier molecular flexibility index (Phi) is 3.60. The van der Waals surface area contributed by atoms with E-state index in [0.717, 1.165) is 18.4 Å². The molecular weight excluding hydrogens is 210 g/mol. The molecule has 0 unspecified atom stereocenters. The van der Waals surface area contributed by atoms with Gasteiger partial charge in [0.1, 0.15) is 5.78 Å². The number of nitrogens with zero attached hydrogens (tertiary/aromatic N) is 1. The van der Waals surface area contributed by atoms with Crippen molar-refractivity contribution in [3.05, 3.63) is 30.1 Å². The molecule has 0 aromatic carbocycles. The molecule has 0 aliphatic heterocycles. The molecular formula is C15H21NO. The lowest BCUT2D eigenvalue weighted by molar-refractivity contribution is -0.123. The van der Waals surface area contributed by atoms with Crippen molar-refractivity contribution in [2.24, 2.45) is 11.3 Å². The number of hydrogen-bond donors (Lipinski definition) is 0. The Balaban J connectivity index is 1.90. The highest BCUT2D eigenvalue weighted by Gasteiger charge is 2.30. The zero-order chi connectivity index (χ0) is 12.3. The lowest BCUT2D eigenvalue weighted by atomic mass is 9.71. The second-order valence-electron chi connectivity index (χ2n) is 5.94. The minimum Gasteiger partial charge on any atom is -0.299 e. The highest BCUT2D eigenvalue weighted by molar-refractivity contribution is 5.83. The first-order valence-corrected chi connectivity index (χ1v) is 6.48. The van der Waals surface area contributed by atoms with Gasteiger partial charge < -0.3 is 0 Å². The third-order valence-electron chi connectivity index (χ3n) is 3.92. The SMILES string of the molecule is CC1(C)CCC(C(=O)Cc2ccncc2)CC1. The van der Waals surface area contributed by atoms with Gasteiger partial charge in [-0.2, -0.15) is 0 Å². The van der Waals surface area contributed by atoms with Crippen LogP contribution in [0.25, 0.3) is 0 Å². The Morgan fingerprint density at radius 2 is 1.88 bits per heavy atom. The minimum absolute atomic E-state index is 0.288. The van der Waals surface area contributed by atoms with Gasteiger partial charge in [-0.1, -0.05) is 13.8 Å². The van der Waals surface area contributed by atoms with Crippen LogP contribution in [0.5, 0.6) is 0 Å². The fourth-order valence-electron chi connectivity index (χ4n) is 2.57. The van der Waals surface area contributed by atoms with Crippen LogP contribution in [-0.2, 0) is 11.2 Å². The molecule has 1 fully saturated rings. The van der Waals surface area contributed by atoms with Gasteiger partial charge in [-0.3, -0.25) is 9.78 Å². The van der Waals surface area contributed by atoms with Gasteiger partial charge in [-0.15, -0.1) is 0 Å². The van der Waals surface area contributed by atoms with Crippen molar-refractivity contribution in [2.75, 3.05) is 0 Å². The summed E-state index contributed by atoms with van der Waals surface area (Å²) < 4.78 is 0. The van der Waals surface area contributed by atoms with E-state index in [9.17, 15) is 4.79 Å². The fourth-order valence-corrected chi connectivity index (χ4v) is 2.57. The van der Waals surface area contributed by atoms with E-state index in [-0.39, 0.29) is 5.92 Å². The molecule has 1 saturated carbocycles. The third kappa shape index (κ3) is 3.39. The van der Waals surface area contributed by atoms with Crippen LogP contribution in [0, 0.1) is 11.3 Å². The number of carbonyl (C=O) groups excluding carboxylic acids is 1. The van der Waals surface area contributed by atoms with Gasteiger partial charge in [-0.05, 0) is 48.8 Å². The first-order chi connectivity index (χ1) is 8.07. The van der Waals surface area contributed by atoms with Gasteiger partial charge in [-0.25, -0.2) is 0 Å².